The second-order valence-corrected chi connectivity index (χ2v) is 10.2. The molecule has 4 heterocycles. The van der Waals surface area contributed by atoms with Crippen molar-refractivity contribution in [3.8, 4) is 34.2 Å². The van der Waals surface area contributed by atoms with E-state index >= 15 is 0 Å². The largest absolute Gasteiger partial charge is 0.383 e. The molecular weight excluding hydrogens is 580 g/mol. The number of tetrazole rings is 2. The van der Waals surface area contributed by atoms with Crippen molar-refractivity contribution in [2.45, 2.75) is 26.3 Å². The maximum absolute atomic E-state index is 14.1. The summed E-state index contributed by atoms with van der Waals surface area (Å²) in [7, 11) is 0. The third-order valence-electron chi connectivity index (χ3n) is 5.88. The number of aromatic nitrogens is 10. The number of nitrogens with one attached hydrogen (secondary N) is 1. The molecule has 16 heteroatoms. The molecule has 0 bridgehead atoms. The van der Waals surface area contributed by atoms with E-state index in [1.807, 2.05) is 20.8 Å². The van der Waals surface area contributed by atoms with Crippen LogP contribution >= 0.6 is 0 Å². The number of rotatable bonds is 5. The van der Waals surface area contributed by atoms with Gasteiger partial charge in [-0.15, -0.1) is 10.2 Å². The molecule has 0 radical (unpaired) electrons. The third kappa shape index (κ3) is 6.18. The van der Waals surface area contributed by atoms with Crippen molar-refractivity contribution in [1.29, 1.82) is 0 Å². The van der Waals surface area contributed by atoms with Gasteiger partial charge >= 0.3 is 0 Å². The Labute approximate surface area is 247 Å². The van der Waals surface area contributed by atoms with Gasteiger partial charge in [-0.3, -0.25) is 0 Å². The van der Waals surface area contributed by atoms with Gasteiger partial charge in [-0.1, -0.05) is 12.1 Å². The summed E-state index contributed by atoms with van der Waals surface area (Å²) in [5, 5.41) is 25.5. The Morgan fingerprint density at radius 1 is 0.659 bits per heavy atom. The molecular formula is C28H24F4N12. The Kier molecular flexibility index (Phi) is 8.23. The average molecular weight is 605 g/mol. The van der Waals surface area contributed by atoms with Gasteiger partial charge in [-0.05, 0) is 90.2 Å². The summed E-state index contributed by atoms with van der Waals surface area (Å²) in [6, 6.07) is 14.4. The highest BCUT2D eigenvalue weighted by Crippen LogP contribution is 2.29. The van der Waals surface area contributed by atoms with Crippen LogP contribution in [0.2, 0.25) is 0 Å². The van der Waals surface area contributed by atoms with Crippen LogP contribution in [-0.4, -0.2) is 55.9 Å². The molecule has 0 unspecified atom stereocenters. The van der Waals surface area contributed by atoms with Crippen LogP contribution < -0.4 is 11.1 Å². The lowest BCUT2D eigenvalue weighted by atomic mass is 10.1. The minimum absolute atomic E-state index is 0.0689. The van der Waals surface area contributed by atoms with Gasteiger partial charge in [0.2, 0.25) is 0 Å². The highest BCUT2D eigenvalue weighted by Gasteiger charge is 2.21. The van der Waals surface area contributed by atoms with E-state index < -0.39 is 23.3 Å². The molecule has 0 aliphatic rings. The maximum atomic E-state index is 14.1. The molecule has 0 saturated carbocycles. The van der Waals surface area contributed by atoms with Crippen LogP contribution in [0.5, 0.6) is 0 Å². The summed E-state index contributed by atoms with van der Waals surface area (Å²) in [4.78, 5) is 8.22. The second-order valence-electron chi connectivity index (χ2n) is 10.2. The molecule has 0 saturated heterocycles. The minimum atomic E-state index is -1.04. The zero-order valence-corrected chi connectivity index (χ0v) is 23.5. The van der Waals surface area contributed by atoms with E-state index in [1.54, 1.807) is 30.5 Å². The Hall–Kier alpha value is -5.80. The van der Waals surface area contributed by atoms with Crippen LogP contribution in [0.25, 0.3) is 34.2 Å². The van der Waals surface area contributed by atoms with Crippen molar-refractivity contribution in [2.24, 2.45) is 0 Å². The zero-order chi connectivity index (χ0) is 31.4. The van der Waals surface area contributed by atoms with E-state index in [2.05, 4.69) is 46.3 Å². The number of anilines is 2. The number of hydrogen-bond acceptors (Lipinski definition) is 10. The van der Waals surface area contributed by atoms with Crippen LogP contribution in [-0.2, 0) is 0 Å². The molecule has 2 aromatic carbocycles. The Morgan fingerprint density at radius 3 is 1.68 bits per heavy atom. The van der Waals surface area contributed by atoms with Gasteiger partial charge in [-0.2, -0.15) is 9.36 Å². The molecule has 0 atom stereocenters. The fourth-order valence-electron chi connectivity index (χ4n) is 3.99. The maximum Gasteiger partial charge on any atom is 0.190 e. The monoisotopic (exact) mass is 604 g/mol. The molecule has 12 nitrogen and oxygen atoms in total. The molecule has 6 rings (SSSR count). The number of halogens is 4. The summed E-state index contributed by atoms with van der Waals surface area (Å²) in [6.07, 6.45) is 3.14. The molecule has 0 aliphatic carbocycles. The minimum Gasteiger partial charge on any atom is -0.383 e. The lowest BCUT2D eigenvalue weighted by Gasteiger charge is -2.22. The number of benzene rings is 2. The van der Waals surface area contributed by atoms with E-state index in [9.17, 15) is 17.6 Å². The molecule has 0 amide bonds. The Bertz CT molecular complexity index is 1920. The van der Waals surface area contributed by atoms with Gasteiger partial charge in [-0.25, -0.2) is 27.5 Å². The first-order valence-corrected chi connectivity index (χ1v) is 12.9. The predicted molar refractivity (Wildman–Crippen MR) is 152 cm³/mol. The van der Waals surface area contributed by atoms with Crippen molar-refractivity contribution in [3.05, 3.63) is 96.3 Å². The average Bonchev–Trinajstić information content (AvgIpc) is 3.67. The number of nitrogen functional groups attached to an aromatic ring is 1. The Morgan fingerprint density at radius 2 is 1.16 bits per heavy atom. The Balaban J connectivity index is 0.000000177. The molecule has 224 valence electrons. The molecule has 0 aliphatic heterocycles. The third-order valence-corrected chi connectivity index (χ3v) is 5.88. The fourth-order valence-corrected chi connectivity index (χ4v) is 3.99. The second kappa shape index (κ2) is 12.2. The lowest BCUT2D eigenvalue weighted by Crippen LogP contribution is -2.27. The van der Waals surface area contributed by atoms with Crippen molar-refractivity contribution in [2.75, 3.05) is 11.1 Å². The standard InChI is InChI=1S/C16H16F2N6.C12H8F2N6/c1-16(2,3)20-14-10(6-5-9-19-14)15-21-22-23-24(15)12-8-4-7-11(17)13(12)18;13-8-4-1-5-9(10(8)14)20-12(17-18-19-20)7-3-2-6-16-11(7)15/h4-9H,1-3H3,(H,19,20);1-6H,(H2,15,16). The van der Waals surface area contributed by atoms with Crippen LogP contribution in [0.4, 0.5) is 29.2 Å². The molecule has 0 fully saturated rings. The SMILES string of the molecule is CC(C)(C)Nc1ncccc1-c1nnnn1-c1cccc(F)c1F.Nc1ncccc1-c1nnnn1-c1cccc(F)c1F. The summed E-state index contributed by atoms with van der Waals surface area (Å²) in [5.74, 6) is -2.81. The summed E-state index contributed by atoms with van der Waals surface area (Å²) < 4.78 is 57.0. The van der Waals surface area contributed by atoms with Gasteiger partial charge in [0, 0.05) is 17.9 Å². The van der Waals surface area contributed by atoms with Gasteiger partial charge < -0.3 is 11.1 Å². The van der Waals surface area contributed by atoms with Gasteiger partial charge in [0.1, 0.15) is 23.0 Å². The first-order valence-electron chi connectivity index (χ1n) is 12.9. The topological polar surface area (TPSA) is 151 Å². The van der Waals surface area contributed by atoms with Crippen molar-refractivity contribution in [3.63, 3.8) is 0 Å². The zero-order valence-electron chi connectivity index (χ0n) is 23.5. The van der Waals surface area contributed by atoms with Gasteiger partial charge in [0.25, 0.3) is 0 Å². The smallest absolute Gasteiger partial charge is 0.190 e. The van der Waals surface area contributed by atoms with Crippen molar-refractivity contribution < 1.29 is 17.6 Å². The molecule has 0 spiro atoms. The van der Waals surface area contributed by atoms with E-state index in [0.29, 0.717) is 16.9 Å². The summed E-state index contributed by atoms with van der Waals surface area (Å²) in [5.41, 5.74) is 6.34. The normalized spacial score (nSPS) is 11.2. The highest BCUT2D eigenvalue weighted by atomic mass is 19.2. The van der Waals surface area contributed by atoms with Crippen LogP contribution in [0.15, 0.2) is 73.1 Å². The molecule has 44 heavy (non-hydrogen) atoms. The van der Waals surface area contributed by atoms with E-state index in [4.69, 9.17) is 5.73 Å². The number of pyridine rings is 2. The van der Waals surface area contributed by atoms with Crippen LogP contribution in [0.3, 0.4) is 0 Å². The van der Waals surface area contributed by atoms with Crippen molar-refractivity contribution in [1.82, 2.24) is 50.4 Å². The predicted octanol–water partition coefficient (Wildman–Crippen LogP) is 4.80. The van der Waals surface area contributed by atoms with Crippen molar-refractivity contribution >= 4 is 11.6 Å². The van der Waals surface area contributed by atoms with E-state index in [0.717, 1.165) is 21.5 Å². The fraction of sp³-hybridized carbons (Fsp3) is 0.143. The molecule has 4 aromatic heterocycles. The lowest BCUT2D eigenvalue weighted by molar-refractivity contribution is 0.501. The number of hydrogen-bond donors (Lipinski definition) is 2. The number of nitrogens with two attached hydrogens (primary N) is 1. The quantitative estimate of drug-likeness (QED) is 0.263. The molecule has 3 N–H and O–H groups in total. The van der Waals surface area contributed by atoms with E-state index in [-0.39, 0.29) is 34.4 Å². The highest BCUT2D eigenvalue weighted by molar-refractivity contribution is 5.71. The van der Waals surface area contributed by atoms with Crippen LogP contribution in [0.1, 0.15) is 20.8 Å². The van der Waals surface area contributed by atoms with Crippen LogP contribution in [0, 0.1) is 23.3 Å². The van der Waals surface area contributed by atoms with Gasteiger partial charge in [0.05, 0.1) is 11.1 Å². The first kappa shape index (κ1) is 29.7. The van der Waals surface area contributed by atoms with Gasteiger partial charge in [0.15, 0.2) is 34.9 Å². The summed E-state index contributed by atoms with van der Waals surface area (Å²) in [6.45, 7) is 5.96. The summed E-state index contributed by atoms with van der Waals surface area (Å²) >= 11 is 0. The molecule has 6 aromatic rings. The number of nitrogens with zero attached hydrogens (tertiary/aromatic N) is 10. The first-order chi connectivity index (χ1) is 21.0. The van der Waals surface area contributed by atoms with E-state index in [1.165, 1.54) is 30.5 Å².